The maximum absolute atomic E-state index is 13.3. The van der Waals surface area contributed by atoms with E-state index >= 15 is 0 Å². The fourth-order valence-electron chi connectivity index (χ4n) is 2.62. The zero-order chi connectivity index (χ0) is 17.2. The second-order valence-electron chi connectivity index (χ2n) is 5.58. The summed E-state index contributed by atoms with van der Waals surface area (Å²) in [6, 6.07) is 21.6. The van der Waals surface area contributed by atoms with E-state index < -0.39 is 0 Å². The summed E-state index contributed by atoms with van der Waals surface area (Å²) in [4.78, 5) is 4.60. The van der Waals surface area contributed by atoms with Gasteiger partial charge < -0.3 is 4.42 Å². The van der Waals surface area contributed by atoms with Crippen LogP contribution >= 0.6 is 0 Å². The molecule has 0 spiro atoms. The topological polar surface area (TPSA) is 26.0 Å². The first-order chi connectivity index (χ1) is 12.2. The van der Waals surface area contributed by atoms with Gasteiger partial charge >= 0.3 is 0 Å². The van der Waals surface area contributed by atoms with Crippen LogP contribution < -0.4 is 0 Å². The van der Waals surface area contributed by atoms with Crippen LogP contribution in [0.5, 0.6) is 0 Å². The average molecular weight is 333 g/mol. The molecule has 0 N–H and O–H groups in total. The minimum absolute atomic E-state index is 0.321. The van der Waals surface area contributed by atoms with E-state index in [0.29, 0.717) is 22.9 Å². The number of rotatable bonds is 3. The van der Waals surface area contributed by atoms with E-state index in [2.05, 4.69) is 4.98 Å². The predicted molar refractivity (Wildman–Crippen MR) is 92.7 cm³/mol. The minimum Gasteiger partial charge on any atom is -0.435 e. The van der Waals surface area contributed by atoms with Gasteiger partial charge in [-0.1, -0.05) is 18.2 Å². The molecule has 0 aliphatic heterocycles. The Morgan fingerprint density at radius 3 is 1.76 bits per heavy atom. The highest BCUT2D eigenvalue weighted by atomic mass is 19.1. The van der Waals surface area contributed by atoms with Gasteiger partial charge in [0.15, 0.2) is 5.76 Å². The SMILES string of the molecule is Fc1ccc(-c2nc(-c3ccccc3)oc2-c2ccc(F)cc2)cc1. The smallest absolute Gasteiger partial charge is 0.227 e. The summed E-state index contributed by atoms with van der Waals surface area (Å²) in [5.41, 5.74) is 2.85. The first kappa shape index (κ1) is 15.3. The third-order valence-corrected chi connectivity index (χ3v) is 3.87. The third kappa shape index (κ3) is 3.06. The molecule has 0 bridgehead atoms. The lowest BCUT2D eigenvalue weighted by Crippen LogP contribution is -1.84. The highest BCUT2D eigenvalue weighted by Gasteiger charge is 2.18. The van der Waals surface area contributed by atoms with E-state index in [-0.39, 0.29) is 11.6 Å². The Balaban J connectivity index is 1.89. The van der Waals surface area contributed by atoms with Crippen molar-refractivity contribution in [1.82, 2.24) is 4.98 Å². The summed E-state index contributed by atoms with van der Waals surface area (Å²) in [5.74, 6) is 0.332. The monoisotopic (exact) mass is 333 g/mol. The fraction of sp³-hybridized carbons (Fsp3) is 0. The zero-order valence-corrected chi connectivity index (χ0v) is 13.1. The van der Waals surface area contributed by atoms with Gasteiger partial charge in [-0.25, -0.2) is 13.8 Å². The average Bonchev–Trinajstić information content (AvgIpc) is 3.09. The van der Waals surface area contributed by atoms with Gasteiger partial charge in [0.05, 0.1) is 0 Å². The number of oxazole rings is 1. The molecule has 0 radical (unpaired) electrons. The van der Waals surface area contributed by atoms with E-state index in [0.717, 1.165) is 11.1 Å². The van der Waals surface area contributed by atoms with Crippen molar-refractivity contribution in [1.29, 1.82) is 0 Å². The molecule has 4 heteroatoms. The van der Waals surface area contributed by atoms with Gasteiger partial charge in [0, 0.05) is 16.7 Å². The summed E-state index contributed by atoms with van der Waals surface area (Å²) in [6.07, 6.45) is 0. The molecule has 4 aromatic rings. The summed E-state index contributed by atoms with van der Waals surface area (Å²) in [5, 5.41) is 0. The number of hydrogen-bond acceptors (Lipinski definition) is 2. The van der Waals surface area contributed by atoms with E-state index in [9.17, 15) is 8.78 Å². The second kappa shape index (κ2) is 6.32. The van der Waals surface area contributed by atoms with Crippen LogP contribution in [0.4, 0.5) is 8.78 Å². The molecule has 0 atom stereocenters. The molecule has 1 aromatic heterocycles. The Morgan fingerprint density at radius 1 is 0.600 bits per heavy atom. The fourth-order valence-corrected chi connectivity index (χ4v) is 2.62. The molecule has 122 valence electrons. The molecule has 0 aliphatic carbocycles. The van der Waals surface area contributed by atoms with Crippen molar-refractivity contribution in [2.45, 2.75) is 0 Å². The second-order valence-corrected chi connectivity index (χ2v) is 5.58. The lowest BCUT2D eigenvalue weighted by atomic mass is 10.1. The number of nitrogens with zero attached hydrogens (tertiary/aromatic N) is 1. The van der Waals surface area contributed by atoms with Crippen LogP contribution in [-0.2, 0) is 0 Å². The molecule has 1 heterocycles. The summed E-state index contributed by atoms with van der Waals surface area (Å²) < 4.78 is 32.5. The van der Waals surface area contributed by atoms with Crippen molar-refractivity contribution in [3.05, 3.63) is 90.5 Å². The number of benzene rings is 3. The van der Waals surface area contributed by atoms with Crippen LogP contribution in [0.25, 0.3) is 34.0 Å². The van der Waals surface area contributed by atoms with Gasteiger partial charge in [0.1, 0.15) is 17.3 Å². The standard InChI is InChI=1S/C21H13F2NO/c22-17-10-6-14(7-11-17)19-20(15-8-12-18(23)13-9-15)25-21(24-19)16-4-2-1-3-5-16/h1-13H. The maximum Gasteiger partial charge on any atom is 0.227 e. The summed E-state index contributed by atoms with van der Waals surface area (Å²) >= 11 is 0. The maximum atomic E-state index is 13.3. The van der Waals surface area contributed by atoms with Gasteiger partial charge in [0.2, 0.25) is 5.89 Å². The zero-order valence-electron chi connectivity index (χ0n) is 13.1. The lowest BCUT2D eigenvalue weighted by molar-refractivity contribution is 0.588. The number of aromatic nitrogens is 1. The lowest BCUT2D eigenvalue weighted by Gasteiger charge is -2.01. The van der Waals surface area contributed by atoms with E-state index in [1.807, 2.05) is 30.3 Å². The van der Waals surface area contributed by atoms with Crippen molar-refractivity contribution < 1.29 is 13.2 Å². The third-order valence-electron chi connectivity index (χ3n) is 3.87. The molecule has 3 aromatic carbocycles. The number of halogens is 2. The van der Waals surface area contributed by atoms with Gasteiger partial charge in [-0.15, -0.1) is 0 Å². The van der Waals surface area contributed by atoms with E-state index in [4.69, 9.17) is 4.42 Å². The molecule has 4 rings (SSSR count). The van der Waals surface area contributed by atoms with Crippen molar-refractivity contribution in [2.24, 2.45) is 0 Å². The summed E-state index contributed by atoms with van der Waals surface area (Å²) in [6.45, 7) is 0. The van der Waals surface area contributed by atoms with E-state index in [1.54, 1.807) is 24.3 Å². The highest BCUT2D eigenvalue weighted by Crippen LogP contribution is 2.36. The van der Waals surface area contributed by atoms with Gasteiger partial charge in [-0.05, 0) is 60.7 Å². The quantitative estimate of drug-likeness (QED) is 0.463. The van der Waals surface area contributed by atoms with Crippen LogP contribution in [-0.4, -0.2) is 4.98 Å². The van der Waals surface area contributed by atoms with Crippen LogP contribution in [0.2, 0.25) is 0 Å². The molecule has 0 amide bonds. The van der Waals surface area contributed by atoms with Crippen molar-refractivity contribution in [2.75, 3.05) is 0 Å². The minimum atomic E-state index is -0.324. The van der Waals surface area contributed by atoms with Crippen LogP contribution in [0.3, 0.4) is 0 Å². The highest BCUT2D eigenvalue weighted by molar-refractivity contribution is 5.79. The van der Waals surface area contributed by atoms with Gasteiger partial charge in [-0.2, -0.15) is 0 Å². The Morgan fingerprint density at radius 2 is 1.16 bits per heavy atom. The Kier molecular flexibility index (Phi) is 3.86. The van der Waals surface area contributed by atoms with Crippen molar-refractivity contribution in [3.8, 4) is 34.0 Å². The van der Waals surface area contributed by atoms with Crippen LogP contribution in [0.1, 0.15) is 0 Å². The Labute approximate surface area is 143 Å². The number of hydrogen-bond donors (Lipinski definition) is 0. The molecule has 2 nitrogen and oxygen atoms in total. The molecule has 0 saturated carbocycles. The molecular weight excluding hydrogens is 320 g/mol. The van der Waals surface area contributed by atoms with Gasteiger partial charge in [-0.3, -0.25) is 0 Å². The van der Waals surface area contributed by atoms with Crippen LogP contribution in [0.15, 0.2) is 83.3 Å². The largest absolute Gasteiger partial charge is 0.435 e. The first-order valence-electron chi connectivity index (χ1n) is 7.79. The van der Waals surface area contributed by atoms with E-state index in [1.165, 1.54) is 24.3 Å². The molecule has 25 heavy (non-hydrogen) atoms. The Bertz CT molecular complexity index is 928. The first-order valence-corrected chi connectivity index (χ1v) is 7.79. The molecule has 0 fully saturated rings. The van der Waals surface area contributed by atoms with Crippen LogP contribution in [0, 0.1) is 11.6 Å². The van der Waals surface area contributed by atoms with Crippen molar-refractivity contribution in [3.63, 3.8) is 0 Å². The van der Waals surface area contributed by atoms with Gasteiger partial charge in [0.25, 0.3) is 0 Å². The van der Waals surface area contributed by atoms with Crippen molar-refractivity contribution >= 4 is 0 Å². The Hall–Kier alpha value is -3.27. The molecule has 0 saturated heterocycles. The molecular formula is C21H13F2NO. The predicted octanol–water partition coefficient (Wildman–Crippen LogP) is 5.95. The summed E-state index contributed by atoms with van der Waals surface area (Å²) in [7, 11) is 0. The molecule has 0 aliphatic rings. The normalized spacial score (nSPS) is 10.8. The molecule has 0 unspecified atom stereocenters.